The first-order valence-electron chi connectivity index (χ1n) is 8.37. The fourth-order valence-electron chi connectivity index (χ4n) is 3.68. The molecule has 1 spiro atoms. The Morgan fingerprint density at radius 1 is 1.17 bits per heavy atom. The molecular formula is C21H21NO2. The summed E-state index contributed by atoms with van der Waals surface area (Å²) in [6.45, 7) is 2.05. The molecule has 2 aliphatic rings. The lowest BCUT2D eigenvalue weighted by Crippen LogP contribution is -2.34. The summed E-state index contributed by atoms with van der Waals surface area (Å²) < 4.78 is 5.20. The van der Waals surface area contributed by atoms with Crippen LogP contribution >= 0.6 is 0 Å². The van der Waals surface area contributed by atoms with E-state index in [2.05, 4.69) is 29.6 Å². The summed E-state index contributed by atoms with van der Waals surface area (Å²) in [5.41, 5.74) is 4.22. The van der Waals surface area contributed by atoms with Gasteiger partial charge in [-0.2, -0.15) is 0 Å². The Balaban J connectivity index is 1.71. The van der Waals surface area contributed by atoms with Gasteiger partial charge in [-0.15, -0.1) is 0 Å². The van der Waals surface area contributed by atoms with Gasteiger partial charge in [-0.1, -0.05) is 42.5 Å². The molecule has 1 fully saturated rings. The average Bonchev–Trinajstić information content (AvgIpc) is 3.39. The van der Waals surface area contributed by atoms with Gasteiger partial charge in [-0.05, 0) is 48.6 Å². The second kappa shape index (κ2) is 5.52. The molecule has 0 bridgehead atoms. The number of hydrogen-bond acceptors (Lipinski definition) is 2. The summed E-state index contributed by atoms with van der Waals surface area (Å²) in [7, 11) is 1.67. The summed E-state index contributed by atoms with van der Waals surface area (Å²) >= 11 is 0. The first kappa shape index (κ1) is 15.0. The van der Waals surface area contributed by atoms with Crippen LogP contribution in [-0.4, -0.2) is 13.0 Å². The van der Waals surface area contributed by atoms with Gasteiger partial charge in [0, 0.05) is 11.6 Å². The smallest absolute Gasteiger partial charge is 0.231 e. The molecule has 3 heteroatoms. The van der Waals surface area contributed by atoms with Crippen LogP contribution in [0, 0.1) is 12.3 Å². The van der Waals surface area contributed by atoms with E-state index >= 15 is 0 Å². The third kappa shape index (κ3) is 2.32. The van der Waals surface area contributed by atoms with Crippen molar-refractivity contribution in [3.05, 3.63) is 65.2 Å². The van der Waals surface area contributed by atoms with Gasteiger partial charge in [0.15, 0.2) is 0 Å². The molecule has 24 heavy (non-hydrogen) atoms. The third-order valence-corrected chi connectivity index (χ3v) is 5.31. The second-order valence-corrected chi connectivity index (χ2v) is 6.76. The van der Waals surface area contributed by atoms with Gasteiger partial charge in [0.2, 0.25) is 5.91 Å². The molecule has 1 aliphatic carbocycles. The Kier molecular flexibility index (Phi) is 3.45. The number of methoxy groups -OCH3 is 1. The number of aryl methyl sites for hydroxylation is 1. The normalized spacial score (nSPS) is 20.8. The standard InChI is InChI=1S/C21H21NO2/c1-14-4-3-5-17-18(21(12-13-21)20(23)22-19(14)17)11-8-15-6-9-16(24-2)10-7-15/h3-11,18H,12-13H2,1-2H3,(H,22,23)/b11-8+. The summed E-state index contributed by atoms with van der Waals surface area (Å²) in [6.07, 6.45) is 6.24. The van der Waals surface area contributed by atoms with Crippen molar-refractivity contribution in [2.75, 3.05) is 12.4 Å². The van der Waals surface area contributed by atoms with Crippen molar-refractivity contribution in [1.82, 2.24) is 0 Å². The van der Waals surface area contributed by atoms with E-state index in [1.165, 1.54) is 5.56 Å². The van der Waals surface area contributed by atoms with E-state index in [-0.39, 0.29) is 17.2 Å². The van der Waals surface area contributed by atoms with Crippen LogP contribution in [0.5, 0.6) is 5.75 Å². The monoisotopic (exact) mass is 319 g/mol. The first-order chi connectivity index (χ1) is 11.6. The molecule has 1 amide bonds. The lowest BCUT2D eigenvalue weighted by atomic mass is 9.77. The summed E-state index contributed by atoms with van der Waals surface area (Å²) in [6, 6.07) is 14.3. The van der Waals surface area contributed by atoms with Crippen LogP contribution in [0.15, 0.2) is 48.5 Å². The van der Waals surface area contributed by atoms with E-state index in [9.17, 15) is 4.79 Å². The maximum Gasteiger partial charge on any atom is 0.231 e. The maximum absolute atomic E-state index is 12.6. The van der Waals surface area contributed by atoms with Crippen molar-refractivity contribution in [3.63, 3.8) is 0 Å². The Morgan fingerprint density at radius 3 is 2.58 bits per heavy atom. The molecule has 0 radical (unpaired) electrons. The molecule has 0 saturated heterocycles. The van der Waals surface area contributed by atoms with Gasteiger partial charge in [-0.3, -0.25) is 4.79 Å². The Labute approximate surface area is 142 Å². The number of benzene rings is 2. The van der Waals surface area contributed by atoms with Crippen molar-refractivity contribution in [3.8, 4) is 5.75 Å². The third-order valence-electron chi connectivity index (χ3n) is 5.31. The second-order valence-electron chi connectivity index (χ2n) is 6.76. The van der Waals surface area contributed by atoms with Crippen molar-refractivity contribution >= 4 is 17.7 Å². The molecule has 1 N–H and O–H groups in total. The van der Waals surface area contributed by atoms with Gasteiger partial charge in [0.25, 0.3) is 0 Å². The zero-order chi connectivity index (χ0) is 16.7. The molecule has 2 aromatic rings. The number of fused-ring (bicyclic) bond motifs is 1. The van der Waals surface area contributed by atoms with Crippen LogP contribution in [0.1, 0.15) is 35.4 Å². The molecule has 2 aromatic carbocycles. The highest BCUT2D eigenvalue weighted by atomic mass is 16.5. The van der Waals surface area contributed by atoms with Crippen LogP contribution < -0.4 is 10.1 Å². The fourth-order valence-corrected chi connectivity index (χ4v) is 3.68. The van der Waals surface area contributed by atoms with Crippen LogP contribution in [0.4, 0.5) is 5.69 Å². The average molecular weight is 319 g/mol. The van der Waals surface area contributed by atoms with E-state index in [0.717, 1.165) is 35.4 Å². The fraction of sp³-hybridized carbons (Fsp3) is 0.286. The van der Waals surface area contributed by atoms with E-state index in [1.807, 2.05) is 37.3 Å². The van der Waals surface area contributed by atoms with Gasteiger partial charge in [0.1, 0.15) is 5.75 Å². The SMILES string of the molecule is COc1ccc(/C=C/C2c3cccc(C)c3NC(=O)C23CC3)cc1. The first-order valence-corrected chi connectivity index (χ1v) is 8.37. The van der Waals surface area contributed by atoms with Crippen LogP contribution in [-0.2, 0) is 4.79 Å². The summed E-state index contributed by atoms with van der Waals surface area (Å²) in [4.78, 5) is 12.6. The molecule has 0 aromatic heterocycles. The zero-order valence-corrected chi connectivity index (χ0v) is 14.0. The number of carbonyl (C=O) groups excluding carboxylic acids is 1. The van der Waals surface area contributed by atoms with E-state index in [1.54, 1.807) is 7.11 Å². The van der Waals surface area contributed by atoms with Gasteiger partial charge >= 0.3 is 0 Å². The Bertz CT molecular complexity index is 816. The van der Waals surface area contributed by atoms with E-state index in [0.29, 0.717) is 0 Å². The molecule has 122 valence electrons. The number of rotatable bonds is 3. The number of allylic oxidation sites excluding steroid dienone is 1. The predicted molar refractivity (Wildman–Crippen MR) is 96.2 cm³/mol. The van der Waals surface area contributed by atoms with Crippen molar-refractivity contribution < 1.29 is 9.53 Å². The number of carbonyl (C=O) groups is 1. The number of anilines is 1. The number of nitrogens with one attached hydrogen (secondary N) is 1. The van der Waals surface area contributed by atoms with Gasteiger partial charge in [-0.25, -0.2) is 0 Å². The maximum atomic E-state index is 12.6. The Morgan fingerprint density at radius 2 is 1.92 bits per heavy atom. The lowest BCUT2D eigenvalue weighted by Gasteiger charge is -2.32. The van der Waals surface area contributed by atoms with Crippen LogP contribution in [0.3, 0.4) is 0 Å². The van der Waals surface area contributed by atoms with Crippen molar-refractivity contribution in [2.24, 2.45) is 5.41 Å². The highest BCUT2D eigenvalue weighted by molar-refractivity contribution is 6.02. The number of ether oxygens (including phenoxy) is 1. The van der Waals surface area contributed by atoms with Crippen LogP contribution in [0.25, 0.3) is 6.08 Å². The summed E-state index contributed by atoms with van der Waals surface area (Å²) in [5.74, 6) is 1.17. The van der Waals surface area contributed by atoms with E-state index < -0.39 is 0 Å². The molecule has 1 saturated carbocycles. The number of para-hydroxylation sites is 1. The molecule has 1 aliphatic heterocycles. The number of hydrogen-bond donors (Lipinski definition) is 1. The molecule has 1 heterocycles. The highest BCUT2D eigenvalue weighted by Crippen LogP contribution is 2.61. The highest BCUT2D eigenvalue weighted by Gasteiger charge is 2.57. The van der Waals surface area contributed by atoms with E-state index in [4.69, 9.17) is 4.74 Å². The molecule has 1 unspecified atom stereocenters. The minimum atomic E-state index is -0.246. The van der Waals surface area contributed by atoms with Gasteiger partial charge < -0.3 is 10.1 Å². The molecule has 3 nitrogen and oxygen atoms in total. The van der Waals surface area contributed by atoms with Gasteiger partial charge in [0.05, 0.1) is 12.5 Å². The largest absolute Gasteiger partial charge is 0.497 e. The minimum Gasteiger partial charge on any atom is -0.497 e. The van der Waals surface area contributed by atoms with Crippen molar-refractivity contribution in [1.29, 1.82) is 0 Å². The zero-order valence-electron chi connectivity index (χ0n) is 14.0. The molecule has 1 atom stereocenters. The lowest BCUT2D eigenvalue weighted by molar-refractivity contribution is -0.121. The molecule has 4 rings (SSSR count). The quantitative estimate of drug-likeness (QED) is 0.902. The minimum absolute atomic E-state index is 0.142. The van der Waals surface area contributed by atoms with Crippen molar-refractivity contribution in [2.45, 2.75) is 25.7 Å². The van der Waals surface area contributed by atoms with Crippen LogP contribution in [0.2, 0.25) is 0 Å². The number of amides is 1. The topological polar surface area (TPSA) is 38.3 Å². The Hall–Kier alpha value is -2.55. The molecular weight excluding hydrogens is 298 g/mol. The predicted octanol–water partition coefficient (Wildman–Crippen LogP) is 4.53. The summed E-state index contributed by atoms with van der Waals surface area (Å²) in [5, 5.41) is 3.13.